The Labute approximate surface area is 187 Å². The maximum absolute atomic E-state index is 12.6. The number of benzene rings is 2. The number of halogens is 1. The SMILES string of the molecule is CC[C@]1([C@@H](NS(C)(=O)=O)c2ccccc2Br)OC(=O)C=C1[Si](C)(C)c1ccccc1. The number of cyclic esters (lactones) is 1. The topological polar surface area (TPSA) is 72.5 Å². The van der Waals surface area contributed by atoms with Crippen LogP contribution in [0, 0.1) is 0 Å². The Kier molecular flexibility index (Phi) is 6.43. The summed E-state index contributed by atoms with van der Waals surface area (Å²) in [5, 5.41) is 2.03. The number of hydrogen-bond acceptors (Lipinski definition) is 4. The van der Waals surface area contributed by atoms with E-state index in [0.29, 0.717) is 6.42 Å². The average Bonchev–Trinajstić information content (AvgIpc) is 3.05. The van der Waals surface area contributed by atoms with Gasteiger partial charge < -0.3 is 4.74 Å². The van der Waals surface area contributed by atoms with Crippen molar-refractivity contribution >= 4 is 45.2 Å². The molecule has 0 amide bonds. The smallest absolute Gasteiger partial charge is 0.331 e. The van der Waals surface area contributed by atoms with E-state index in [2.05, 4.69) is 45.9 Å². The van der Waals surface area contributed by atoms with E-state index in [4.69, 9.17) is 4.74 Å². The quantitative estimate of drug-likeness (QED) is 0.456. The van der Waals surface area contributed by atoms with Crippen molar-refractivity contribution in [2.24, 2.45) is 0 Å². The monoisotopic (exact) mass is 507 g/mol. The maximum atomic E-state index is 12.6. The fourth-order valence-corrected chi connectivity index (χ4v) is 8.74. The number of sulfonamides is 1. The van der Waals surface area contributed by atoms with E-state index in [-0.39, 0.29) is 0 Å². The zero-order valence-corrected chi connectivity index (χ0v) is 20.9. The molecular weight excluding hydrogens is 482 g/mol. The molecule has 0 bridgehead atoms. The first-order valence-corrected chi connectivity index (χ1v) is 15.4. The van der Waals surface area contributed by atoms with Crippen molar-refractivity contribution < 1.29 is 17.9 Å². The molecule has 1 N–H and O–H groups in total. The molecule has 0 aromatic heterocycles. The highest BCUT2D eigenvalue weighted by Crippen LogP contribution is 2.47. The minimum absolute atomic E-state index is 0.433. The normalized spacial score (nSPS) is 20.6. The minimum Gasteiger partial charge on any atom is -0.450 e. The van der Waals surface area contributed by atoms with Crippen LogP contribution >= 0.6 is 15.9 Å². The lowest BCUT2D eigenvalue weighted by Crippen LogP contribution is -2.56. The van der Waals surface area contributed by atoms with E-state index >= 15 is 0 Å². The molecule has 2 aromatic rings. The molecule has 30 heavy (non-hydrogen) atoms. The number of carbonyl (C=O) groups is 1. The van der Waals surface area contributed by atoms with Gasteiger partial charge in [-0.25, -0.2) is 17.9 Å². The molecule has 8 heteroatoms. The summed E-state index contributed by atoms with van der Waals surface area (Å²) < 4.78 is 34.3. The van der Waals surface area contributed by atoms with E-state index in [1.165, 1.54) is 0 Å². The number of ether oxygens (including phenoxy) is 1. The Morgan fingerprint density at radius 1 is 1.10 bits per heavy atom. The number of hydrogen-bond donors (Lipinski definition) is 1. The average molecular weight is 509 g/mol. The van der Waals surface area contributed by atoms with E-state index < -0.39 is 35.7 Å². The van der Waals surface area contributed by atoms with Crippen LogP contribution in [0.15, 0.2) is 70.3 Å². The molecule has 1 heterocycles. The maximum Gasteiger partial charge on any atom is 0.331 e. The molecule has 1 aliphatic heterocycles. The summed E-state index contributed by atoms with van der Waals surface area (Å²) in [5.41, 5.74) is -0.390. The second-order valence-corrected chi connectivity index (χ2v) is 15.1. The van der Waals surface area contributed by atoms with Gasteiger partial charge in [0.2, 0.25) is 10.0 Å². The number of esters is 1. The molecule has 2 atom stereocenters. The Balaban J connectivity index is 2.24. The molecule has 0 unspecified atom stereocenters. The summed E-state index contributed by atoms with van der Waals surface area (Å²) >= 11 is 3.55. The number of rotatable bonds is 7. The molecule has 0 fully saturated rings. The van der Waals surface area contributed by atoms with Gasteiger partial charge in [0.05, 0.1) is 12.3 Å². The van der Waals surface area contributed by atoms with Crippen LogP contribution < -0.4 is 9.91 Å². The standard InChI is InChI=1S/C22H26BrNO4SSi/c1-5-22(21(24-29(2,26)27)17-13-9-10-14-18(17)23)19(15-20(25)28-22)30(3,4)16-11-7-6-8-12-16/h6-15,21,24H,5H2,1-4H3/t21-,22-/m0/s1. The molecule has 0 aliphatic carbocycles. The summed E-state index contributed by atoms with van der Waals surface area (Å²) in [6, 6.07) is 16.7. The zero-order chi connectivity index (χ0) is 22.2. The molecule has 0 spiro atoms. The molecule has 2 aromatic carbocycles. The molecule has 0 saturated carbocycles. The predicted molar refractivity (Wildman–Crippen MR) is 126 cm³/mol. The van der Waals surface area contributed by atoms with Crippen LogP contribution in [0.3, 0.4) is 0 Å². The van der Waals surface area contributed by atoms with Crippen molar-refractivity contribution in [2.45, 2.75) is 38.1 Å². The molecular formula is C22H26BrNO4SSi. The van der Waals surface area contributed by atoms with Crippen LogP contribution in [0.25, 0.3) is 0 Å². The van der Waals surface area contributed by atoms with E-state index in [1.807, 2.05) is 49.4 Å². The molecule has 0 radical (unpaired) electrons. The third-order valence-electron chi connectivity index (χ3n) is 5.71. The van der Waals surface area contributed by atoms with Crippen LogP contribution in [0.1, 0.15) is 24.9 Å². The van der Waals surface area contributed by atoms with Gasteiger partial charge in [-0.2, -0.15) is 0 Å². The molecule has 5 nitrogen and oxygen atoms in total. The van der Waals surface area contributed by atoms with Gasteiger partial charge in [0.1, 0.15) is 8.07 Å². The second-order valence-electron chi connectivity index (χ2n) is 8.06. The number of nitrogens with one attached hydrogen (secondary N) is 1. The zero-order valence-electron chi connectivity index (χ0n) is 17.5. The van der Waals surface area contributed by atoms with Crippen LogP contribution in [0.4, 0.5) is 0 Å². The third-order valence-corrected chi connectivity index (χ3v) is 10.8. The van der Waals surface area contributed by atoms with Crippen molar-refractivity contribution in [3.05, 3.63) is 75.9 Å². The van der Waals surface area contributed by atoms with Gasteiger partial charge in [-0.3, -0.25) is 0 Å². The Bertz CT molecular complexity index is 1090. The van der Waals surface area contributed by atoms with Gasteiger partial charge in [-0.15, -0.1) is 0 Å². The summed E-state index contributed by atoms with van der Waals surface area (Å²) in [6.45, 7) is 6.26. The molecule has 1 aliphatic rings. The van der Waals surface area contributed by atoms with E-state index in [1.54, 1.807) is 6.08 Å². The summed E-state index contributed by atoms with van der Waals surface area (Å²) in [6.07, 6.45) is 3.14. The second kappa shape index (κ2) is 8.41. The van der Waals surface area contributed by atoms with Gasteiger partial charge in [0.15, 0.2) is 5.60 Å². The Morgan fingerprint density at radius 3 is 2.27 bits per heavy atom. The van der Waals surface area contributed by atoms with Gasteiger partial charge in [0.25, 0.3) is 0 Å². The minimum atomic E-state index is -3.60. The van der Waals surface area contributed by atoms with Crippen LogP contribution in [0.5, 0.6) is 0 Å². The van der Waals surface area contributed by atoms with Gasteiger partial charge in [0, 0.05) is 10.5 Å². The predicted octanol–water partition coefficient (Wildman–Crippen LogP) is 3.83. The Hall–Kier alpha value is -1.74. The summed E-state index contributed by atoms with van der Waals surface area (Å²) in [7, 11) is -5.97. The fourth-order valence-electron chi connectivity index (χ4n) is 4.24. The van der Waals surface area contributed by atoms with Crippen LogP contribution in [-0.4, -0.2) is 34.3 Å². The Morgan fingerprint density at radius 2 is 1.70 bits per heavy atom. The largest absolute Gasteiger partial charge is 0.450 e. The molecule has 160 valence electrons. The van der Waals surface area contributed by atoms with Gasteiger partial charge in [-0.1, -0.05) is 89.7 Å². The van der Waals surface area contributed by atoms with Gasteiger partial charge >= 0.3 is 5.97 Å². The van der Waals surface area contributed by atoms with Crippen molar-refractivity contribution in [3.63, 3.8) is 0 Å². The van der Waals surface area contributed by atoms with Gasteiger partial charge in [-0.05, 0) is 23.2 Å². The van der Waals surface area contributed by atoms with Crippen molar-refractivity contribution in [2.75, 3.05) is 6.26 Å². The van der Waals surface area contributed by atoms with Crippen molar-refractivity contribution in [1.29, 1.82) is 0 Å². The highest BCUT2D eigenvalue weighted by Gasteiger charge is 2.55. The fraction of sp³-hybridized carbons (Fsp3) is 0.318. The van der Waals surface area contributed by atoms with Crippen molar-refractivity contribution in [3.8, 4) is 0 Å². The lowest BCUT2D eigenvalue weighted by Gasteiger charge is -2.43. The lowest BCUT2D eigenvalue weighted by molar-refractivity contribution is -0.148. The highest BCUT2D eigenvalue weighted by atomic mass is 79.9. The van der Waals surface area contributed by atoms with E-state index in [0.717, 1.165) is 26.7 Å². The van der Waals surface area contributed by atoms with Crippen LogP contribution in [-0.2, 0) is 19.6 Å². The first-order chi connectivity index (χ1) is 14.0. The summed E-state index contributed by atoms with van der Waals surface area (Å²) in [4.78, 5) is 12.6. The van der Waals surface area contributed by atoms with E-state index in [9.17, 15) is 13.2 Å². The first-order valence-electron chi connectivity index (χ1n) is 9.74. The first kappa shape index (κ1) is 22.9. The third kappa shape index (κ3) is 4.32. The highest BCUT2D eigenvalue weighted by molar-refractivity contribution is 9.10. The number of carbonyl (C=O) groups excluding carboxylic acids is 1. The van der Waals surface area contributed by atoms with Crippen molar-refractivity contribution in [1.82, 2.24) is 4.72 Å². The lowest BCUT2D eigenvalue weighted by atomic mass is 9.86. The molecule has 0 saturated heterocycles. The summed E-state index contributed by atoms with van der Waals surface area (Å²) in [5.74, 6) is -0.435. The van der Waals surface area contributed by atoms with Crippen LogP contribution in [0.2, 0.25) is 13.1 Å². The molecule has 3 rings (SSSR count).